The molecule has 0 saturated carbocycles. The molecule has 0 fully saturated rings. The maximum Gasteiger partial charge on any atom is 0.264 e. The molecule has 0 atom stereocenters. The van der Waals surface area contributed by atoms with Gasteiger partial charge in [0.15, 0.2) is 0 Å². The van der Waals surface area contributed by atoms with E-state index in [1.807, 2.05) is 44.2 Å². The fourth-order valence-corrected chi connectivity index (χ4v) is 5.50. The summed E-state index contributed by atoms with van der Waals surface area (Å²) < 4.78 is 28.0. The summed E-state index contributed by atoms with van der Waals surface area (Å²) in [5.74, 6) is 1.29. The van der Waals surface area contributed by atoms with Gasteiger partial charge in [0.25, 0.3) is 10.0 Å². The Morgan fingerprint density at radius 2 is 1.56 bits per heavy atom. The third kappa shape index (κ3) is 6.37. The molecule has 0 unspecified atom stereocenters. The number of nitrogens with one attached hydrogen (secondary N) is 1. The zero-order valence-electron chi connectivity index (χ0n) is 18.3. The molecule has 168 valence electrons. The van der Waals surface area contributed by atoms with Gasteiger partial charge in [-0.05, 0) is 43.2 Å². The van der Waals surface area contributed by atoms with E-state index in [2.05, 4.69) is 17.4 Å². The standard InChI is InChI=1S/C25H28N2O3S2/c1-20-12-14-23(15-13-20)32(29,30)27(24-11-7-6-8-21(24)2)18-25(28)26-16-17-31-19-22-9-4-3-5-10-22/h3-15H,16-19H2,1-2H3,(H,26,28). The van der Waals surface area contributed by atoms with Crippen LogP contribution in [0, 0.1) is 13.8 Å². The topological polar surface area (TPSA) is 66.5 Å². The maximum absolute atomic E-state index is 13.4. The van der Waals surface area contributed by atoms with E-state index in [0.717, 1.165) is 22.6 Å². The van der Waals surface area contributed by atoms with Crippen LogP contribution in [0.5, 0.6) is 0 Å². The first-order chi connectivity index (χ1) is 15.4. The quantitative estimate of drug-likeness (QED) is 0.444. The van der Waals surface area contributed by atoms with Crippen LogP contribution in [0.2, 0.25) is 0 Å². The van der Waals surface area contributed by atoms with Crippen LogP contribution in [0.1, 0.15) is 16.7 Å². The highest BCUT2D eigenvalue weighted by molar-refractivity contribution is 7.98. The molecule has 0 saturated heterocycles. The lowest BCUT2D eigenvalue weighted by Crippen LogP contribution is -2.41. The lowest BCUT2D eigenvalue weighted by atomic mass is 10.2. The average molecular weight is 469 g/mol. The normalized spacial score (nSPS) is 11.2. The van der Waals surface area contributed by atoms with Crippen molar-refractivity contribution in [2.24, 2.45) is 0 Å². The van der Waals surface area contributed by atoms with Gasteiger partial charge in [-0.15, -0.1) is 0 Å². The zero-order valence-corrected chi connectivity index (χ0v) is 20.0. The van der Waals surface area contributed by atoms with Crippen molar-refractivity contribution in [2.75, 3.05) is 23.1 Å². The number of sulfonamides is 1. The van der Waals surface area contributed by atoms with Crippen LogP contribution in [-0.2, 0) is 20.6 Å². The van der Waals surface area contributed by atoms with Crippen molar-refractivity contribution in [3.8, 4) is 0 Å². The highest BCUT2D eigenvalue weighted by Crippen LogP contribution is 2.26. The Bertz CT molecular complexity index is 1130. The summed E-state index contributed by atoms with van der Waals surface area (Å²) in [5, 5.41) is 2.86. The third-order valence-electron chi connectivity index (χ3n) is 4.96. The monoisotopic (exact) mass is 468 g/mol. The first-order valence-electron chi connectivity index (χ1n) is 10.4. The number of para-hydroxylation sites is 1. The number of rotatable bonds is 10. The first-order valence-corrected chi connectivity index (χ1v) is 13.0. The van der Waals surface area contributed by atoms with Crippen molar-refractivity contribution in [1.82, 2.24) is 5.32 Å². The molecule has 0 radical (unpaired) electrons. The summed E-state index contributed by atoms with van der Waals surface area (Å²) in [6.45, 7) is 3.94. The van der Waals surface area contributed by atoms with Crippen LogP contribution in [0.25, 0.3) is 0 Å². The van der Waals surface area contributed by atoms with Gasteiger partial charge in [-0.25, -0.2) is 8.42 Å². The van der Waals surface area contributed by atoms with Crippen molar-refractivity contribution in [3.05, 3.63) is 95.6 Å². The molecule has 0 heterocycles. The lowest BCUT2D eigenvalue weighted by molar-refractivity contribution is -0.119. The second-order valence-electron chi connectivity index (χ2n) is 7.50. The van der Waals surface area contributed by atoms with E-state index >= 15 is 0 Å². The molecule has 0 bridgehead atoms. The summed E-state index contributed by atoms with van der Waals surface area (Å²) in [5.41, 5.74) is 3.49. The summed E-state index contributed by atoms with van der Waals surface area (Å²) in [6, 6.07) is 24.0. The second-order valence-corrected chi connectivity index (χ2v) is 10.5. The molecular weight excluding hydrogens is 440 g/mol. The third-order valence-corrected chi connectivity index (χ3v) is 7.76. The van der Waals surface area contributed by atoms with E-state index in [4.69, 9.17) is 0 Å². The molecule has 1 N–H and O–H groups in total. The highest BCUT2D eigenvalue weighted by atomic mass is 32.2. The SMILES string of the molecule is Cc1ccc(S(=O)(=O)N(CC(=O)NCCSCc2ccccc2)c2ccccc2C)cc1. The van der Waals surface area contributed by atoms with Crippen LogP contribution in [0.3, 0.4) is 0 Å². The van der Waals surface area contributed by atoms with E-state index in [1.54, 1.807) is 48.2 Å². The van der Waals surface area contributed by atoms with Gasteiger partial charge in [0.1, 0.15) is 6.54 Å². The summed E-state index contributed by atoms with van der Waals surface area (Å²) in [6.07, 6.45) is 0. The fraction of sp³-hybridized carbons (Fsp3) is 0.240. The number of hydrogen-bond acceptors (Lipinski definition) is 4. The van der Waals surface area contributed by atoms with Gasteiger partial charge in [-0.2, -0.15) is 11.8 Å². The van der Waals surface area contributed by atoms with Crippen LogP contribution in [-0.4, -0.2) is 33.2 Å². The average Bonchev–Trinajstić information content (AvgIpc) is 2.79. The predicted octanol–water partition coefficient (Wildman–Crippen LogP) is 4.55. The summed E-state index contributed by atoms with van der Waals surface area (Å²) in [4.78, 5) is 12.8. The van der Waals surface area contributed by atoms with E-state index in [0.29, 0.717) is 12.2 Å². The van der Waals surface area contributed by atoms with Crippen molar-refractivity contribution in [2.45, 2.75) is 24.5 Å². The minimum Gasteiger partial charge on any atom is -0.354 e. The lowest BCUT2D eigenvalue weighted by Gasteiger charge is -2.25. The number of carbonyl (C=O) groups excluding carboxylic acids is 1. The number of hydrogen-bond donors (Lipinski definition) is 1. The molecule has 1 amide bonds. The van der Waals surface area contributed by atoms with Crippen molar-refractivity contribution >= 4 is 33.4 Å². The maximum atomic E-state index is 13.4. The largest absolute Gasteiger partial charge is 0.354 e. The number of nitrogens with zero attached hydrogens (tertiary/aromatic N) is 1. The number of anilines is 1. The zero-order chi connectivity index (χ0) is 23.0. The summed E-state index contributed by atoms with van der Waals surface area (Å²) in [7, 11) is -3.89. The minimum atomic E-state index is -3.89. The Morgan fingerprint density at radius 3 is 2.25 bits per heavy atom. The first kappa shape index (κ1) is 23.9. The molecule has 0 aromatic heterocycles. The van der Waals surface area contributed by atoms with Crippen molar-refractivity contribution in [1.29, 1.82) is 0 Å². The van der Waals surface area contributed by atoms with Gasteiger partial charge in [-0.1, -0.05) is 66.2 Å². The Morgan fingerprint density at radius 1 is 0.906 bits per heavy atom. The molecule has 7 heteroatoms. The van der Waals surface area contributed by atoms with Gasteiger partial charge >= 0.3 is 0 Å². The molecule has 0 aliphatic rings. The molecule has 3 rings (SSSR count). The van der Waals surface area contributed by atoms with Crippen molar-refractivity contribution in [3.63, 3.8) is 0 Å². The minimum absolute atomic E-state index is 0.164. The van der Waals surface area contributed by atoms with Gasteiger partial charge in [-0.3, -0.25) is 9.10 Å². The molecule has 0 spiro atoms. The Kier molecular flexibility index (Phi) is 8.36. The predicted molar refractivity (Wildman–Crippen MR) is 133 cm³/mol. The Balaban J connectivity index is 1.67. The number of thioether (sulfide) groups is 1. The van der Waals surface area contributed by atoms with E-state index in [-0.39, 0.29) is 17.3 Å². The molecule has 32 heavy (non-hydrogen) atoms. The number of carbonyl (C=O) groups is 1. The molecule has 0 aliphatic heterocycles. The summed E-state index contributed by atoms with van der Waals surface area (Å²) >= 11 is 1.72. The van der Waals surface area contributed by atoms with Gasteiger partial charge < -0.3 is 5.32 Å². The van der Waals surface area contributed by atoms with Crippen LogP contribution < -0.4 is 9.62 Å². The van der Waals surface area contributed by atoms with Crippen LogP contribution in [0.15, 0.2) is 83.8 Å². The van der Waals surface area contributed by atoms with Gasteiger partial charge in [0, 0.05) is 18.1 Å². The molecule has 3 aromatic carbocycles. The number of benzene rings is 3. The molecule has 3 aromatic rings. The Labute approximate surface area is 194 Å². The fourth-order valence-electron chi connectivity index (χ4n) is 3.19. The van der Waals surface area contributed by atoms with Gasteiger partial charge in [0.05, 0.1) is 10.6 Å². The number of aryl methyl sites for hydroxylation is 2. The van der Waals surface area contributed by atoms with E-state index in [1.165, 1.54) is 9.87 Å². The van der Waals surface area contributed by atoms with Crippen molar-refractivity contribution < 1.29 is 13.2 Å². The second kappa shape index (κ2) is 11.2. The molecule has 5 nitrogen and oxygen atoms in total. The van der Waals surface area contributed by atoms with Gasteiger partial charge in [0.2, 0.25) is 5.91 Å². The highest BCUT2D eigenvalue weighted by Gasteiger charge is 2.28. The van der Waals surface area contributed by atoms with E-state index < -0.39 is 10.0 Å². The molecular formula is C25H28N2O3S2. The number of amides is 1. The van der Waals surface area contributed by atoms with E-state index in [9.17, 15) is 13.2 Å². The Hall–Kier alpha value is -2.77. The van der Waals surface area contributed by atoms with Crippen LogP contribution >= 0.6 is 11.8 Å². The molecule has 0 aliphatic carbocycles. The smallest absolute Gasteiger partial charge is 0.264 e. The van der Waals surface area contributed by atoms with Crippen LogP contribution in [0.4, 0.5) is 5.69 Å².